The van der Waals surface area contributed by atoms with Crippen LogP contribution in [-0.2, 0) is 49.8 Å². The molecule has 0 aliphatic carbocycles. The molecule has 0 spiro atoms. The molecule has 0 amide bonds. The van der Waals surface area contributed by atoms with Crippen LogP contribution in [0.2, 0.25) is 0 Å². The third kappa shape index (κ3) is 447. The molecule has 0 bridgehead atoms. The number of rotatable bonds is 0. The second kappa shape index (κ2) is 6.37. The first-order valence-electron chi connectivity index (χ1n) is 1.44. The fourth-order valence-corrected chi connectivity index (χ4v) is 0. The molecular weight excluding hydrogens is 442 g/mol. The van der Waals surface area contributed by atoms with Gasteiger partial charge in [-0.2, -0.15) is 0 Å². The Hall–Kier alpha value is 2.41. The van der Waals surface area contributed by atoms with Crippen LogP contribution in [0.4, 0.5) is 0 Å². The molecule has 14 heteroatoms. The van der Waals surface area contributed by atoms with Crippen molar-refractivity contribution in [3.05, 3.63) is 0 Å². The zero-order chi connectivity index (χ0) is 10.9. The van der Waals surface area contributed by atoms with Gasteiger partial charge in [0.05, 0.1) is 0 Å². The Balaban J connectivity index is -0.0000000625. The van der Waals surface area contributed by atoms with E-state index in [2.05, 4.69) is 0 Å². The van der Waals surface area contributed by atoms with Crippen LogP contribution >= 0.6 is 0 Å². The summed E-state index contributed by atoms with van der Waals surface area (Å²) in [5.74, 6) is 0. The zero-order valence-electron chi connectivity index (χ0n) is 6.20. The molecule has 10 nitrogen and oxygen atoms in total. The molecule has 0 N–H and O–H groups in total. The van der Waals surface area contributed by atoms with Gasteiger partial charge in [-0.05, 0) is 0 Å². The Labute approximate surface area is 138 Å². The van der Waals surface area contributed by atoms with Crippen molar-refractivity contribution in [2.45, 2.75) is 0 Å². The molecule has 0 saturated heterocycles. The van der Waals surface area contributed by atoms with Crippen molar-refractivity contribution in [3.8, 4) is 0 Å². The van der Waals surface area contributed by atoms with Gasteiger partial charge in [0.2, 0.25) is 0 Å². The molecule has 0 radical (unpaired) electrons. The molecule has 0 rings (SSSR count). The Bertz CT molecular complexity index is 429. The fraction of sp³-hybridized carbons (Fsp3) is 0. The summed E-state index contributed by atoms with van der Waals surface area (Å²) < 4.78 is 86.4. The average molecular weight is 442 g/mol. The molecule has 14 heavy (non-hydrogen) atoms. The van der Waals surface area contributed by atoms with E-state index in [1.165, 1.54) is 0 Å². The Morgan fingerprint density at radius 2 is 0.500 bits per heavy atom. The van der Waals surface area contributed by atoms with Crippen LogP contribution in [0.5, 0.6) is 0 Å². The van der Waals surface area contributed by atoms with Crippen LogP contribution < -0.4 is 15.7 Å². The molecule has 0 heterocycles. The van der Waals surface area contributed by atoms with Gasteiger partial charge in [-0.3, -0.25) is 0 Å². The summed E-state index contributed by atoms with van der Waals surface area (Å²) in [4.78, 5) is 0. The van der Waals surface area contributed by atoms with Crippen LogP contribution in [0, 0.1) is 0 Å². The SMILES string of the molecule is [Ca+2].[Ca+2].[O]=[Ru](=[O])(=[O])([O-])[O-].[O]=[Ru](=[O])(=[O])([O-])[O-]. The molecule has 80 valence electrons. The van der Waals surface area contributed by atoms with E-state index in [1.54, 1.807) is 0 Å². The first-order valence-corrected chi connectivity index (χ1v) is 8.54. The summed E-state index contributed by atoms with van der Waals surface area (Å²) in [7, 11) is 0. The van der Waals surface area contributed by atoms with Crippen molar-refractivity contribution in [1.29, 1.82) is 0 Å². The van der Waals surface area contributed by atoms with E-state index in [0.29, 0.717) is 0 Å². The van der Waals surface area contributed by atoms with Gasteiger partial charge in [-0.25, -0.2) is 0 Å². The Morgan fingerprint density at radius 1 is 0.500 bits per heavy atom. The van der Waals surface area contributed by atoms with Gasteiger partial charge in [0.25, 0.3) is 0 Å². The number of hydrogen-bond acceptors (Lipinski definition) is 10. The van der Waals surface area contributed by atoms with E-state index < -0.39 is 28.3 Å². The van der Waals surface area contributed by atoms with E-state index in [4.69, 9.17) is 37.2 Å². The second-order valence-corrected chi connectivity index (χ2v) is 6.97. The summed E-state index contributed by atoms with van der Waals surface area (Å²) in [5, 5.41) is 0. The van der Waals surface area contributed by atoms with Crippen molar-refractivity contribution < 1.29 is 65.5 Å². The molecule has 0 unspecified atom stereocenters. The van der Waals surface area contributed by atoms with Crippen LogP contribution in [-0.4, -0.2) is 75.5 Å². The molecule has 0 aromatic rings. The van der Waals surface area contributed by atoms with E-state index in [1.807, 2.05) is 0 Å². The van der Waals surface area contributed by atoms with E-state index in [9.17, 15) is 0 Å². The number of hydrogen-bond donors (Lipinski definition) is 0. The molecule has 0 fully saturated rings. The molecule has 0 aromatic heterocycles. The maximum absolute atomic E-state index is 8.64. The van der Waals surface area contributed by atoms with E-state index in [-0.39, 0.29) is 75.5 Å². The fourth-order valence-electron chi connectivity index (χ4n) is 0. The first kappa shape index (κ1) is 25.3. The van der Waals surface area contributed by atoms with Crippen LogP contribution in [0.15, 0.2) is 0 Å². The van der Waals surface area contributed by atoms with Crippen molar-refractivity contribution in [1.82, 2.24) is 0 Å². The van der Waals surface area contributed by atoms with Gasteiger partial charge in [0.15, 0.2) is 0 Å². The second-order valence-electron chi connectivity index (χ2n) is 1.18. The molecule has 0 atom stereocenters. The average Bonchev–Trinajstić information content (AvgIpc) is 1.02. The Morgan fingerprint density at radius 3 is 0.500 bits per heavy atom. The third-order valence-corrected chi connectivity index (χ3v) is 0. The van der Waals surface area contributed by atoms with Crippen molar-refractivity contribution >= 4 is 75.5 Å². The minimum atomic E-state index is -7.72. The minimum absolute atomic E-state index is 0. The van der Waals surface area contributed by atoms with Gasteiger partial charge < -0.3 is 0 Å². The van der Waals surface area contributed by atoms with Crippen LogP contribution in [0.1, 0.15) is 0 Å². The first-order chi connectivity index (χ1) is 4.47. The van der Waals surface area contributed by atoms with Gasteiger partial charge >= 0.3 is 141 Å². The van der Waals surface area contributed by atoms with Gasteiger partial charge in [0.1, 0.15) is 0 Å². The summed E-state index contributed by atoms with van der Waals surface area (Å²) in [6.45, 7) is 0. The van der Waals surface area contributed by atoms with E-state index >= 15 is 0 Å². The summed E-state index contributed by atoms with van der Waals surface area (Å²) in [6.07, 6.45) is 0. The van der Waals surface area contributed by atoms with Crippen molar-refractivity contribution in [3.63, 3.8) is 0 Å². The zero-order valence-corrected chi connectivity index (χ0v) is 14.1. The molecular formula is Ca2O10Ru2. The summed E-state index contributed by atoms with van der Waals surface area (Å²) in [5.41, 5.74) is 0. The normalized spacial score (nSPS) is 16.0. The van der Waals surface area contributed by atoms with Crippen molar-refractivity contribution in [2.75, 3.05) is 0 Å². The summed E-state index contributed by atoms with van der Waals surface area (Å²) >= 11 is -15.4. The monoisotopic (exact) mass is 444 g/mol. The predicted molar refractivity (Wildman–Crippen MR) is 15.6 cm³/mol. The predicted octanol–water partition coefficient (Wildman–Crippen LogP) is -6.24. The van der Waals surface area contributed by atoms with Gasteiger partial charge in [-0.1, -0.05) is 0 Å². The maximum atomic E-state index is 8.64. The van der Waals surface area contributed by atoms with Crippen LogP contribution in [0.25, 0.3) is 0 Å². The van der Waals surface area contributed by atoms with Gasteiger partial charge in [-0.15, -0.1) is 0 Å². The molecule has 0 aromatic carbocycles. The topological polar surface area (TPSA) is 195 Å². The molecule has 0 aliphatic rings. The van der Waals surface area contributed by atoms with Crippen LogP contribution in [0.3, 0.4) is 0 Å². The van der Waals surface area contributed by atoms with E-state index in [0.717, 1.165) is 0 Å². The molecule has 0 aliphatic heterocycles. The summed E-state index contributed by atoms with van der Waals surface area (Å²) in [6, 6.07) is 0. The van der Waals surface area contributed by atoms with Gasteiger partial charge in [0, 0.05) is 0 Å². The Kier molecular flexibility index (Phi) is 11.5. The quantitative estimate of drug-likeness (QED) is 0.326. The van der Waals surface area contributed by atoms with Crippen molar-refractivity contribution in [2.24, 2.45) is 0 Å². The molecule has 0 saturated carbocycles. The standard InChI is InChI=1S/2Ca.10O.2Ru/q2*+2;;;;;;;4*-1;;. The third-order valence-electron chi connectivity index (χ3n) is 0.